The Morgan fingerprint density at radius 2 is 1.88 bits per heavy atom. The molecule has 0 aromatic heterocycles. The van der Waals surface area contributed by atoms with Crippen LogP contribution in [-0.4, -0.2) is 60.4 Å². The molecule has 3 rings (SSSR count). The minimum absolute atomic E-state index is 0. The molecule has 1 unspecified atom stereocenters. The van der Waals surface area contributed by atoms with Crippen molar-refractivity contribution in [3.8, 4) is 0 Å². The molecule has 2 aliphatic rings. The number of hydrogen-bond donors (Lipinski definition) is 1. The normalized spacial score (nSPS) is 20.8. The minimum atomic E-state index is -0.00995. The van der Waals surface area contributed by atoms with Gasteiger partial charge in [-0.3, -0.25) is 9.59 Å². The first-order valence-corrected chi connectivity index (χ1v) is 9.07. The topological polar surface area (TPSA) is 52.7 Å². The molecule has 0 spiro atoms. The third kappa shape index (κ3) is 5.33. The number of carbonyl (C=O) groups is 2. The first-order chi connectivity index (χ1) is 11.6. The second kappa shape index (κ2) is 9.41. The van der Waals surface area contributed by atoms with Gasteiger partial charge in [0.05, 0.1) is 0 Å². The van der Waals surface area contributed by atoms with Crippen molar-refractivity contribution >= 4 is 35.8 Å². The Morgan fingerprint density at radius 1 is 1.12 bits per heavy atom. The van der Waals surface area contributed by atoms with Crippen molar-refractivity contribution < 1.29 is 9.59 Å². The summed E-state index contributed by atoms with van der Waals surface area (Å²) in [4.78, 5) is 28.8. The van der Waals surface area contributed by atoms with Gasteiger partial charge in [0, 0.05) is 49.2 Å². The number of rotatable bonds is 3. The Labute approximate surface area is 160 Å². The fraction of sp³-hybridized carbons (Fsp3) is 0.556. The highest BCUT2D eigenvalue weighted by Crippen LogP contribution is 2.16. The molecular formula is C18H25Cl2N3O2. The first kappa shape index (κ1) is 20.0. The zero-order valence-electron chi connectivity index (χ0n) is 14.2. The van der Waals surface area contributed by atoms with Crippen LogP contribution in [0.5, 0.6) is 0 Å². The number of amides is 2. The molecule has 0 saturated carbocycles. The average molecular weight is 386 g/mol. The minimum Gasteiger partial charge on any atom is -0.341 e. The molecule has 2 aliphatic heterocycles. The summed E-state index contributed by atoms with van der Waals surface area (Å²) in [5.74, 6) is 0.190. The van der Waals surface area contributed by atoms with Crippen molar-refractivity contribution in [1.82, 2.24) is 15.1 Å². The second-order valence-corrected chi connectivity index (χ2v) is 6.97. The van der Waals surface area contributed by atoms with Crippen molar-refractivity contribution in [1.29, 1.82) is 0 Å². The fourth-order valence-corrected chi connectivity index (χ4v) is 3.64. The van der Waals surface area contributed by atoms with Gasteiger partial charge in [-0.25, -0.2) is 0 Å². The molecule has 2 saturated heterocycles. The van der Waals surface area contributed by atoms with E-state index in [1.165, 1.54) is 0 Å². The van der Waals surface area contributed by atoms with Crippen LogP contribution < -0.4 is 5.32 Å². The molecule has 0 aliphatic carbocycles. The van der Waals surface area contributed by atoms with E-state index >= 15 is 0 Å². The molecule has 138 valence electrons. The third-order valence-corrected chi connectivity index (χ3v) is 5.03. The Hall–Kier alpha value is -1.30. The SMILES string of the molecule is Cl.O=C(CC1CCCN1)N1CCCN(C(=O)c2cccc(Cl)c2)CC1. The smallest absolute Gasteiger partial charge is 0.253 e. The van der Waals surface area contributed by atoms with E-state index in [2.05, 4.69) is 5.32 Å². The molecule has 1 atom stereocenters. The number of halogens is 2. The van der Waals surface area contributed by atoms with Crippen molar-refractivity contribution in [2.45, 2.75) is 31.7 Å². The van der Waals surface area contributed by atoms with Gasteiger partial charge < -0.3 is 15.1 Å². The number of carbonyl (C=O) groups excluding carboxylic acids is 2. The van der Waals surface area contributed by atoms with Crippen LogP contribution >= 0.6 is 24.0 Å². The molecule has 0 bridgehead atoms. The van der Waals surface area contributed by atoms with Gasteiger partial charge in [0.25, 0.3) is 5.91 Å². The van der Waals surface area contributed by atoms with E-state index in [1.807, 2.05) is 9.80 Å². The lowest BCUT2D eigenvalue weighted by molar-refractivity contribution is -0.131. The summed E-state index contributed by atoms with van der Waals surface area (Å²) in [6, 6.07) is 7.36. The molecule has 1 aromatic carbocycles. The first-order valence-electron chi connectivity index (χ1n) is 8.69. The number of benzene rings is 1. The number of hydrogen-bond acceptors (Lipinski definition) is 3. The van der Waals surface area contributed by atoms with Gasteiger partial charge in [0.1, 0.15) is 0 Å². The van der Waals surface area contributed by atoms with Crippen LogP contribution in [-0.2, 0) is 4.79 Å². The predicted octanol–water partition coefficient (Wildman–Crippen LogP) is 2.58. The van der Waals surface area contributed by atoms with Gasteiger partial charge >= 0.3 is 0 Å². The maximum absolute atomic E-state index is 12.6. The van der Waals surface area contributed by atoms with E-state index in [0.29, 0.717) is 42.7 Å². The van der Waals surface area contributed by atoms with Crippen LogP contribution in [0.4, 0.5) is 0 Å². The van der Waals surface area contributed by atoms with Gasteiger partial charge in [0.15, 0.2) is 0 Å². The number of nitrogens with zero attached hydrogens (tertiary/aromatic N) is 2. The highest BCUT2D eigenvalue weighted by molar-refractivity contribution is 6.30. The highest BCUT2D eigenvalue weighted by atomic mass is 35.5. The van der Waals surface area contributed by atoms with Crippen LogP contribution in [0, 0.1) is 0 Å². The lowest BCUT2D eigenvalue weighted by Crippen LogP contribution is -2.39. The van der Waals surface area contributed by atoms with Crippen LogP contribution in [0.25, 0.3) is 0 Å². The third-order valence-electron chi connectivity index (χ3n) is 4.79. The Kier molecular flexibility index (Phi) is 7.54. The van der Waals surface area contributed by atoms with Crippen LogP contribution in [0.2, 0.25) is 5.02 Å². The molecule has 1 N–H and O–H groups in total. The summed E-state index contributed by atoms with van der Waals surface area (Å²) in [6.07, 6.45) is 3.62. The van der Waals surface area contributed by atoms with E-state index in [-0.39, 0.29) is 24.2 Å². The van der Waals surface area contributed by atoms with Crippen molar-refractivity contribution in [3.63, 3.8) is 0 Å². The lowest BCUT2D eigenvalue weighted by atomic mass is 10.1. The van der Waals surface area contributed by atoms with Gasteiger partial charge in [0.2, 0.25) is 5.91 Å². The monoisotopic (exact) mass is 385 g/mol. The van der Waals surface area contributed by atoms with E-state index in [1.54, 1.807) is 24.3 Å². The number of nitrogens with one attached hydrogen (secondary N) is 1. The predicted molar refractivity (Wildman–Crippen MR) is 101 cm³/mol. The molecule has 25 heavy (non-hydrogen) atoms. The molecule has 2 heterocycles. The maximum atomic E-state index is 12.6. The van der Waals surface area contributed by atoms with Crippen molar-refractivity contribution in [3.05, 3.63) is 34.9 Å². The molecule has 7 heteroatoms. The summed E-state index contributed by atoms with van der Waals surface area (Å²) >= 11 is 5.98. The van der Waals surface area contributed by atoms with Crippen LogP contribution in [0.3, 0.4) is 0 Å². The molecule has 1 aromatic rings. The Bertz CT molecular complexity index is 606. The Morgan fingerprint density at radius 3 is 2.60 bits per heavy atom. The van der Waals surface area contributed by atoms with Gasteiger partial charge in [-0.2, -0.15) is 0 Å². The van der Waals surface area contributed by atoms with Gasteiger partial charge in [-0.1, -0.05) is 17.7 Å². The van der Waals surface area contributed by atoms with E-state index in [4.69, 9.17) is 11.6 Å². The summed E-state index contributed by atoms with van der Waals surface area (Å²) < 4.78 is 0. The molecule has 2 fully saturated rings. The van der Waals surface area contributed by atoms with E-state index in [0.717, 1.165) is 32.4 Å². The quantitative estimate of drug-likeness (QED) is 0.869. The summed E-state index contributed by atoms with van der Waals surface area (Å²) in [6.45, 7) is 3.61. The zero-order chi connectivity index (χ0) is 16.9. The van der Waals surface area contributed by atoms with Gasteiger partial charge in [-0.05, 0) is 44.0 Å². The maximum Gasteiger partial charge on any atom is 0.253 e. The molecule has 5 nitrogen and oxygen atoms in total. The van der Waals surface area contributed by atoms with Crippen molar-refractivity contribution in [2.24, 2.45) is 0 Å². The van der Waals surface area contributed by atoms with E-state index < -0.39 is 0 Å². The summed E-state index contributed by atoms with van der Waals surface area (Å²) in [5.41, 5.74) is 0.609. The molecular weight excluding hydrogens is 361 g/mol. The zero-order valence-corrected chi connectivity index (χ0v) is 15.8. The average Bonchev–Trinajstić information content (AvgIpc) is 2.95. The van der Waals surface area contributed by atoms with E-state index in [9.17, 15) is 9.59 Å². The second-order valence-electron chi connectivity index (χ2n) is 6.53. The summed E-state index contributed by atoms with van der Waals surface area (Å²) in [7, 11) is 0. The van der Waals surface area contributed by atoms with Crippen LogP contribution in [0.15, 0.2) is 24.3 Å². The van der Waals surface area contributed by atoms with Crippen molar-refractivity contribution in [2.75, 3.05) is 32.7 Å². The molecule has 2 amide bonds. The highest BCUT2D eigenvalue weighted by Gasteiger charge is 2.25. The van der Waals surface area contributed by atoms with Crippen LogP contribution in [0.1, 0.15) is 36.0 Å². The van der Waals surface area contributed by atoms with Gasteiger partial charge in [-0.15, -0.1) is 12.4 Å². The lowest BCUT2D eigenvalue weighted by Gasteiger charge is -2.23. The molecule has 0 radical (unpaired) electrons. The fourth-order valence-electron chi connectivity index (χ4n) is 3.44. The largest absolute Gasteiger partial charge is 0.341 e. The summed E-state index contributed by atoms with van der Waals surface area (Å²) in [5, 5.41) is 3.94. The standard InChI is InChI=1S/C18H24ClN3O2.ClH/c19-15-5-1-4-14(12-15)18(24)22-9-3-8-21(10-11-22)17(23)13-16-6-2-7-20-16;/h1,4-5,12,16,20H,2-3,6-11,13H2;1H. The Balaban J connectivity index is 0.00000225.